The molecule has 0 radical (unpaired) electrons. The summed E-state index contributed by atoms with van der Waals surface area (Å²) in [6.07, 6.45) is 6.61. The fraction of sp³-hybridized carbons (Fsp3) is 0.429. The number of benzene rings is 2. The van der Waals surface area contributed by atoms with Crippen LogP contribution in [-0.2, 0) is 28.9 Å². The third-order valence-electron chi connectivity index (χ3n) is 6.22. The van der Waals surface area contributed by atoms with E-state index < -0.39 is 0 Å². The van der Waals surface area contributed by atoms with Gasteiger partial charge in [0.2, 0.25) is 5.91 Å². The van der Waals surface area contributed by atoms with Gasteiger partial charge in [-0.05, 0) is 61.9 Å². The van der Waals surface area contributed by atoms with Gasteiger partial charge in [-0.25, -0.2) is 4.98 Å². The Labute approximate surface area is 207 Å². The number of hydrogen-bond acceptors (Lipinski definition) is 5. The highest BCUT2D eigenvalue weighted by molar-refractivity contribution is 5.80. The second-order valence-corrected chi connectivity index (χ2v) is 8.74. The van der Waals surface area contributed by atoms with Crippen LogP contribution in [0.5, 0.6) is 11.5 Å². The fourth-order valence-corrected chi connectivity index (χ4v) is 4.45. The minimum Gasteiger partial charge on any atom is -0.493 e. The van der Waals surface area contributed by atoms with Gasteiger partial charge in [-0.15, -0.1) is 6.58 Å². The minimum atomic E-state index is -0.281. The SMILES string of the molecule is C=CCc1ccc(OCCCn2c(CCCNC(=O)C3CCCO3)nc3ccccc32)c(OC)c1. The van der Waals surface area contributed by atoms with Crippen LogP contribution in [0.2, 0.25) is 0 Å². The second kappa shape index (κ2) is 12.4. The molecule has 1 aromatic heterocycles. The molecule has 35 heavy (non-hydrogen) atoms. The molecule has 186 valence electrons. The maximum Gasteiger partial charge on any atom is 0.249 e. The number of rotatable bonds is 13. The highest BCUT2D eigenvalue weighted by Gasteiger charge is 2.23. The van der Waals surface area contributed by atoms with E-state index in [1.807, 2.05) is 42.5 Å². The normalized spacial score (nSPS) is 15.3. The van der Waals surface area contributed by atoms with Crippen LogP contribution in [0.1, 0.15) is 37.1 Å². The highest BCUT2D eigenvalue weighted by atomic mass is 16.5. The molecule has 1 saturated heterocycles. The van der Waals surface area contributed by atoms with Crippen LogP contribution >= 0.6 is 0 Å². The van der Waals surface area contributed by atoms with Crippen LogP contribution in [0, 0.1) is 0 Å². The van der Waals surface area contributed by atoms with Crippen LogP contribution < -0.4 is 14.8 Å². The summed E-state index contributed by atoms with van der Waals surface area (Å²) in [6.45, 7) is 6.46. The number of methoxy groups -OCH3 is 1. The maximum absolute atomic E-state index is 12.2. The predicted octanol–water partition coefficient (Wildman–Crippen LogP) is 4.47. The third-order valence-corrected chi connectivity index (χ3v) is 6.22. The van der Waals surface area contributed by atoms with E-state index in [9.17, 15) is 4.79 Å². The summed E-state index contributed by atoms with van der Waals surface area (Å²) in [5, 5.41) is 3.00. The Morgan fingerprint density at radius 3 is 2.94 bits per heavy atom. The fourth-order valence-electron chi connectivity index (χ4n) is 4.45. The Balaban J connectivity index is 1.32. The molecule has 2 heterocycles. The van der Waals surface area contributed by atoms with Gasteiger partial charge in [0.1, 0.15) is 11.9 Å². The van der Waals surface area contributed by atoms with Crippen LogP contribution in [-0.4, -0.2) is 48.4 Å². The number of amides is 1. The number of aromatic nitrogens is 2. The van der Waals surface area contributed by atoms with E-state index in [1.54, 1.807) is 7.11 Å². The topological polar surface area (TPSA) is 74.6 Å². The molecule has 1 amide bonds. The molecule has 7 nitrogen and oxygen atoms in total. The zero-order valence-corrected chi connectivity index (χ0v) is 20.5. The van der Waals surface area contributed by atoms with Crippen molar-refractivity contribution in [1.82, 2.24) is 14.9 Å². The first-order valence-corrected chi connectivity index (χ1v) is 12.4. The van der Waals surface area contributed by atoms with Crippen LogP contribution in [0.25, 0.3) is 11.0 Å². The van der Waals surface area contributed by atoms with Gasteiger partial charge < -0.3 is 24.1 Å². The van der Waals surface area contributed by atoms with E-state index >= 15 is 0 Å². The van der Waals surface area contributed by atoms with E-state index in [0.29, 0.717) is 19.8 Å². The lowest BCUT2D eigenvalue weighted by atomic mass is 10.1. The van der Waals surface area contributed by atoms with Crippen LogP contribution in [0.15, 0.2) is 55.1 Å². The first-order chi connectivity index (χ1) is 17.2. The van der Waals surface area contributed by atoms with Gasteiger partial charge in [0.15, 0.2) is 11.5 Å². The predicted molar refractivity (Wildman–Crippen MR) is 137 cm³/mol. The van der Waals surface area contributed by atoms with E-state index in [-0.39, 0.29) is 12.0 Å². The Kier molecular flexibility index (Phi) is 8.79. The standard InChI is InChI=1S/C28H35N3O4/c1-3-9-21-14-15-24(26(20-21)33-2)34-19-8-17-31-23-11-5-4-10-22(23)30-27(31)13-6-16-29-28(32)25-12-7-18-35-25/h3-5,10-11,14-15,20,25H,1,6-9,12-13,16-19H2,2H3,(H,29,32). The number of ether oxygens (including phenoxy) is 3. The number of aryl methyl sites for hydroxylation is 2. The van der Waals surface area contributed by atoms with Crippen molar-refractivity contribution in [3.63, 3.8) is 0 Å². The number of hydrogen-bond donors (Lipinski definition) is 1. The quantitative estimate of drug-likeness (QED) is 0.290. The smallest absolute Gasteiger partial charge is 0.249 e. The molecule has 1 aliphatic rings. The van der Waals surface area contributed by atoms with Gasteiger partial charge in [-0.1, -0.05) is 24.3 Å². The van der Waals surface area contributed by atoms with Crippen molar-refractivity contribution in [2.75, 3.05) is 26.9 Å². The first-order valence-electron chi connectivity index (χ1n) is 12.4. The van der Waals surface area contributed by atoms with Crippen molar-refractivity contribution in [3.05, 3.63) is 66.5 Å². The average molecular weight is 478 g/mol. The molecule has 1 N–H and O–H groups in total. The zero-order valence-electron chi connectivity index (χ0n) is 20.5. The maximum atomic E-state index is 12.2. The molecule has 0 saturated carbocycles. The Morgan fingerprint density at radius 1 is 1.26 bits per heavy atom. The van der Waals surface area contributed by atoms with Crippen molar-refractivity contribution >= 4 is 16.9 Å². The lowest BCUT2D eigenvalue weighted by Gasteiger charge is -2.13. The number of fused-ring (bicyclic) bond motifs is 1. The second-order valence-electron chi connectivity index (χ2n) is 8.74. The summed E-state index contributed by atoms with van der Waals surface area (Å²) in [5.74, 6) is 2.52. The molecule has 7 heteroatoms. The summed E-state index contributed by atoms with van der Waals surface area (Å²) in [6, 6.07) is 14.2. The van der Waals surface area contributed by atoms with E-state index in [0.717, 1.165) is 79.0 Å². The summed E-state index contributed by atoms with van der Waals surface area (Å²) in [4.78, 5) is 17.0. The molecule has 0 spiro atoms. The van der Waals surface area contributed by atoms with Crippen molar-refractivity contribution < 1.29 is 19.0 Å². The minimum absolute atomic E-state index is 0.00102. The van der Waals surface area contributed by atoms with Gasteiger partial charge in [0.25, 0.3) is 0 Å². The van der Waals surface area contributed by atoms with Crippen molar-refractivity contribution in [2.45, 2.75) is 51.2 Å². The third kappa shape index (κ3) is 6.42. The largest absolute Gasteiger partial charge is 0.493 e. The van der Waals surface area contributed by atoms with Crippen molar-refractivity contribution in [2.24, 2.45) is 0 Å². The van der Waals surface area contributed by atoms with E-state index in [2.05, 4.69) is 22.5 Å². The lowest BCUT2D eigenvalue weighted by molar-refractivity contribution is -0.130. The molecular formula is C28H35N3O4. The molecule has 1 aliphatic heterocycles. The van der Waals surface area contributed by atoms with E-state index in [1.165, 1.54) is 0 Å². The van der Waals surface area contributed by atoms with E-state index in [4.69, 9.17) is 19.2 Å². The van der Waals surface area contributed by atoms with Crippen molar-refractivity contribution in [1.29, 1.82) is 0 Å². The summed E-state index contributed by atoms with van der Waals surface area (Å²) in [5.41, 5.74) is 3.26. The van der Waals surface area contributed by atoms with Crippen molar-refractivity contribution in [3.8, 4) is 11.5 Å². The molecular weight excluding hydrogens is 442 g/mol. The first kappa shape index (κ1) is 24.8. The Bertz CT molecular complexity index is 1130. The van der Waals surface area contributed by atoms with Gasteiger partial charge in [-0.3, -0.25) is 4.79 Å². The van der Waals surface area contributed by atoms with Crippen LogP contribution in [0.4, 0.5) is 0 Å². The molecule has 3 aromatic rings. The van der Waals surface area contributed by atoms with Gasteiger partial charge in [0.05, 0.1) is 24.8 Å². The number of para-hydroxylation sites is 2. The van der Waals surface area contributed by atoms with Crippen LogP contribution in [0.3, 0.4) is 0 Å². The Morgan fingerprint density at radius 2 is 2.14 bits per heavy atom. The number of allylic oxidation sites excluding steroid dienone is 1. The zero-order chi connectivity index (χ0) is 24.5. The molecule has 4 rings (SSSR count). The number of nitrogens with zero attached hydrogens (tertiary/aromatic N) is 2. The summed E-state index contributed by atoms with van der Waals surface area (Å²) < 4.78 is 19.3. The number of nitrogens with one attached hydrogen (secondary N) is 1. The molecule has 0 aliphatic carbocycles. The van der Waals surface area contributed by atoms with Gasteiger partial charge in [-0.2, -0.15) is 0 Å². The number of carbonyl (C=O) groups is 1. The molecule has 1 atom stereocenters. The monoisotopic (exact) mass is 477 g/mol. The Hall–Kier alpha value is -3.32. The van der Waals surface area contributed by atoms with Gasteiger partial charge in [0, 0.05) is 26.1 Å². The highest BCUT2D eigenvalue weighted by Crippen LogP contribution is 2.28. The number of carbonyl (C=O) groups excluding carboxylic acids is 1. The van der Waals surface area contributed by atoms with Gasteiger partial charge >= 0.3 is 0 Å². The molecule has 1 fully saturated rings. The number of imidazole rings is 1. The lowest BCUT2D eigenvalue weighted by Crippen LogP contribution is -2.34. The average Bonchev–Trinajstić information content (AvgIpc) is 3.54. The molecule has 1 unspecified atom stereocenters. The summed E-state index contributed by atoms with van der Waals surface area (Å²) >= 11 is 0. The summed E-state index contributed by atoms with van der Waals surface area (Å²) in [7, 11) is 1.66. The molecule has 2 aromatic carbocycles. The molecule has 0 bridgehead atoms.